The molecule has 0 aliphatic heterocycles. The molecular weight excluding hydrogens is 372 g/mol. The predicted molar refractivity (Wildman–Crippen MR) is 93.9 cm³/mol. The number of furan rings is 2. The van der Waals surface area contributed by atoms with Crippen LogP contribution < -0.4 is 5.32 Å². The van der Waals surface area contributed by atoms with Gasteiger partial charge >= 0.3 is 0 Å². The molecule has 0 aliphatic rings. The third-order valence-corrected chi connectivity index (χ3v) is 4.56. The minimum Gasteiger partial charge on any atom is -0.467 e. The summed E-state index contributed by atoms with van der Waals surface area (Å²) in [6, 6.07) is 7.23. The first-order chi connectivity index (χ1) is 13.2. The van der Waals surface area contributed by atoms with E-state index in [2.05, 4.69) is 30.5 Å². The van der Waals surface area contributed by atoms with Crippen molar-refractivity contribution in [3.63, 3.8) is 0 Å². The summed E-state index contributed by atoms with van der Waals surface area (Å²) in [5.74, 6) is 2.02. The quantitative estimate of drug-likeness (QED) is 0.477. The molecule has 11 heteroatoms. The van der Waals surface area contributed by atoms with E-state index in [1.165, 1.54) is 11.8 Å². The van der Waals surface area contributed by atoms with Crippen molar-refractivity contribution in [1.82, 2.24) is 25.1 Å². The Morgan fingerprint density at radius 2 is 2.04 bits per heavy atom. The Balaban J connectivity index is 1.51. The normalized spacial score (nSPS) is 11.0. The molecule has 10 nitrogen and oxygen atoms in total. The number of aryl methyl sites for hydroxylation is 1. The number of amides is 1. The zero-order valence-electron chi connectivity index (χ0n) is 14.2. The fourth-order valence-corrected chi connectivity index (χ4v) is 3.07. The van der Waals surface area contributed by atoms with Crippen molar-refractivity contribution in [1.29, 1.82) is 0 Å². The summed E-state index contributed by atoms with van der Waals surface area (Å²) in [5, 5.41) is 18.8. The van der Waals surface area contributed by atoms with Gasteiger partial charge in [-0.3, -0.25) is 9.36 Å². The average Bonchev–Trinajstić information content (AvgIpc) is 3.43. The minimum absolute atomic E-state index is 0.112. The van der Waals surface area contributed by atoms with Crippen LogP contribution in [0.2, 0.25) is 0 Å². The summed E-state index contributed by atoms with van der Waals surface area (Å²) < 4.78 is 17.2. The van der Waals surface area contributed by atoms with Crippen LogP contribution in [0.1, 0.15) is 11.5 Å². The Bertz CT molecular complexity index is 1020. The number of nitrogens with one attached hydrogen (secondary N) is 1. The Labute approximate surface area is 156 Å². The largest absolute Gasteiger partial charge is 0.467 e. The number of rotatable bonds is 7. The van der Waals surface area contributed by atoms with Crippen molar-refractivity contribution in [3.05, 3.63) is 48.2 Å². The first-order valence-electron chi connectivity index (χ1n) is 7.92. The van der Waals surface area contributed by atoms with Crippen LogP contribution in [-0.2, 0) is 11.3 Å². The van der Waals surface area contributed by atoms with Gasteiger partial charge in [-0.2, -0.15) is 0 Å². The van der Waals surface area contributed by atoms with Gasteiger partial charge in [0.25, 0.3) is 0 Å². The molecule has 0 radical (unpaired) electrons. The highest BCUT2D eigenvalue weighted by Gasteiger charge is 2.19. The Kier molecular flexibility index (Phi) is 4.75. The minimum atomic E-state index is -0.258. The molecule has 4 aromatic rings. The van der Waals surface area contributed by atoms with E-state index in [1.54, 1.807) is 37.6 Å². The monoisotopic (exact) mass is 386 g/mol. The highest BCUT2D eigenvalue weighted by atomic mass is 32.2. The van der Waals surface area contributed by atoms with Crippen LogP contribution in [0.25, 0.3) is 11.6 Å². The molecule has 4 heterocycles. The lowest BCUT2D eigenvalue weighted by Gasteiger charge is -2.07. The van der Waals surface area contributed by atoms with Crippen LogP contribution in [0.3, 0.4) is 0 Å². The zero-order chi connectivity index (χ0) is 18.6. The Morgan fingerprint density at radius 3 is 2.74 bits per heavy atom. The number of thioether (sulfide) groups is 1. The standard InChI is InChI=1S/C16H14N6O4S/c1-10-14(21-26-20-10)17-13(23)9-27-16-19-18-15(12-5-3-7-25-12)22(16)8-11-4-2-6-24-11/h2-7H,8-9H2,1H3,(H,17,21,23). The highest BCUT2D eigenvalue weighted by molar-refractivity contribution is 7.99. The maximum atomic E-state index is 12.2. The van der Waals surface area contributed by atoms with E-state index in [9.17, 15) is 4.79 Å². The van der Waals surface area contributed by atoms with Gasteiger partial charge in [-0.25, -0.2) is 4.63 Å². The van der Waals surface area contributed by atoms with Gasteiger partial charge in [0.1, 0.15) is 11.5 Å². The molecule has 0 unspecified atom stereocenters. The van der Waals surface area contributed by atoms with E-state index >= 15 is 0 Å². The molecule has 4 aromatic heterocycles. The van der Waals surface area contributed by atoms with Crippen molar-refractivity contribution < 1.29 is 18.3 Å². The molecule has 0 spiro atoms. The molecular formula is C16H14N6O4S. The predicted octanol–water partition coefficient (Wildman–Crippen LogP) is 2.60. The topological polar surface area (TPSA) is 125 Å². The SMILES string of the molecule is Cc1nonc1NC(=O)CSc1nnc(-c2ccco2)n1Cc1ccco1. The lowest BCUT2D eigenvalue weighted by atomic mass is 10.4. The van der Waals surface area contributed by atoms with Crippen LogP contribution in [0.5, 0.6) is 0 Å². The molecule has 0 atom stereocenters. The summed E-state index contributed by atoms with van der Waals surface area (Å²) >= 11 is 1.24. The van der Waals surface area contributed by atoms with Crippen LogP contribution in [0.4, 0.5) is 5.82 Å². The van der Waals surface area contributed by atoms with Gasteiger partial charge in [0.2, 0.25) is 11.7 Å². The first kappa shape index (κ1) is 17.1. The van der Waals surface area contributed by atoms with E-state index in [0.29, 0.717) is 34.8 Å². The molecule has 1 N–H and O–H groups in total. The third kappa shape index (κ3) is 3.77. The van der Waals surface area contributed by atoms with E-state index in [-0.39, 0.29) is 11.7 Å². The van der Waals surface area contributed by atoms with Crippen molar-refractivity contribution in [2.45, 2.75) is 18.6 Å². The maximum Gasteiger partial charge on any atom is 0.236 e. The summed E-state index contributed by atoms with van der Waals surface area (Å²) in [7, 11) is 0. The van der Waals surface area contributed by atoms with Gasteiger partial charge in [-0.1, -0.05) is 16.9 Å². The number of anilines is 1. The van der Waals surface area contributed by atoms with E-state index in [4.69, 9.17) is 8.83 Å². The van der Waals surface area contributed by atoms with Crippen LogP contribution >= 0.6 is 11.8 Å². The molecule has 4 rings (SSSR count). The zero-order valence-corrected chi connectivity index (χ0v) is 15.0. The second-order valence-electron chi connectivity index (χ2n) is 5.48. The van der Waals surface area contributed by atoms with Crippen molar-refractivity contribution in [2.24, 2.45) is 0 Å². The number of aromatic nitrogens is 5. The third-order valence-electron chi connectivity index (χ3n) is 3.60. The van der Waals surface area contributed by atoms with Crippen molar-refractivity contribution in [2.75, 3.05) is 11.1 Å². The number of hydrogen-bond donors (Lipinski definition) is 1. The second kappa shape index (κ2) is 7.50. The smallest absolute Gasteiger partial charge is 0.236 e. The molecule has 0 saturated carbocycles. The van der Waals surface area contributed by atoms with Gasteiger partial charge in [0.05, 0.1) is 24.8 Å². The number of hydrogen-bond acceptors (Lipinski definition) is 9. The summed E-state index contributed by atoms with van der Waals surface area (Å²) in [4.78, 5) is 12.2. The van der Waals surface area contributed by atoms with Crippen molar-refractivity contribution in [3.8, 4) is 11.6 Å². The van der Waals surface area contributed by atoms with Gasteiger partial charge in [0.15, 0.2) is 16.7 Å². The molecule has 138 valence electrons. The second-order valence-corrected chi connectivity index (χ2v) is 6.43. The fraction of sp³-hybridized carbons (Fsp3) is 0.188. The lowest BCUT2D eigenvalue weighted by molar-refractivity contribution is -0.113. The molecule has 27 heavy (non-hydrogen) atoms. The van der Waals surface area contributed by atoms with Crippen LogP contribution in [-0.4, -0.2) is 36.7 Å². The maximum absolute atomic E-state index is 12.2. The van der Waals surface area contributed by atoms with Crippen LogP contribution in [0.15, 0.2) is 55.4 Å². The number of carbonyl (C=O) groups is 1. The summed E-state index contributed by atoms with van der Waals surface area (Å²) in [6.07, 6.45) is 3.16. The van der Waals surface area contributed by atoms with E-state index in [0.717, 1.165) is 5.76 Å². The summed E-state index contributed by atoms with van der Waals surface area (Å²) in [5.41, 5.74) is 0.509. The number of carbonyl (C=O) groups excluding carboxylic acids is 1. The van der Waals surface area contributed by atoms with Gasteiger partial charge in [-0.15, -0.1) is 10.2 Å². The molecule has 0 bridgehead atoms. The molecule has 0 aliphatic carbocycles. The Morgan fingerprint density at radius 1 is 1.19 bits per heavy atom. The highest BCUT2D eigenvalue weighted by Crippen LogP contribution is 2.25. The van der Waals surface area contributed by atoms with E-state index < -0.39 is 0 Å². The molecule has 0 fully saturated rings. The van der Waals surface area contributed by atoms with Gasteiger partial charge in [-0.05, 0) is 36.3 Å². The van der Waals surface area contributed by atoms with Crippen LogP contribution in [0, 0.1) is 6.92 Å². The van der Waals surface area contributed by atoms with E-state index in [1.807, 2.05) is 10.6 Å². The summed E-state index contributed by atoms with van der Waals surface area (Å²) in [6.45, 7) is 2.10. The Hall–Kier alpha value is -3.34. The average molecular weight is 386 g/mol. The van der Waals surface area contributed by atoms with Crippen molar-refractivity contribution >= 4 is 23.5 Å². The van der Waals surface area contributed by atoms with Gasteiger partial charge in [0, 0.05) is 0 Å². The number of nitrogens with zero attached hydrogens (tertiary/aromatic N) is 5. The molecule has 1 amide bonds. The lowest BCUT2D eigenvalue weighted by Crippen LogP contribution is -2.15. The molecule has 0 aromatic carbocycles. The first-order valence-corrected chi connectivity index (χ1v) is 8.90. The van der Waals surface area contributed by atoms with Gasteiger partial charge < -0.3 is 14.2 Å². The fourth-order valence-electron chi connectivity index (χ4n) is 2.33. The molecule has 0 saturated heterocycles.